The highest BCUT2D eigenvalue weighted by atomic mass is 16.5. The van der Waals surface area contributed by atoms with Gasteiger partial charge in [-0.3, -0.25) is 4.79 Å². The molecule has 1 amide bonds. The molecule has 0 aliphatic heterocycles. The summed E-state index contributed by atoms with van der Waals surface area (Å²) in [7, 11) is 1.29. The number of rotatable bonds is 7. The van der Waals surface area contributed by atoms with E-state index >= 15 is 0 Å². The number of tetrazole rings is 1. The lowest BCUT2D eigenvalue weighted by Gasteiger charge is -2.16. The van der Waals surface area contributed by atoms with E-state index in [1.54, 1.807) is 0 Å². The molecule has 8 heteroatoms. The molecule has 0 unspecified atom stereocenters. The SMILES string of the molecule is COC(=O)[C@H](Cc1ccccc1)NC(=O)Cn1nnc(-c2ccc(C)cc2)n1. The van der Waals surface area contributed by atoms with Gasteiger partial charge >= 0.3 is 5.97 Å². The number of carbonyl (C=O) groups excluding carboxylic acids is 2. The zero-order valence-corrected chi connectivity index (χ0v) is 15.7. The number of carbonyl (C=O) groups is 2. The third-order valence-corrected chi connectivity index (χ3v) is 4.15. The predicted molar refractivity (Wildman–Crippen MR) is 102 cm³/mol. The highest BCUT2D eigenvalue weighted by Crippen LogP contribution is 2.13. The van der Waals surface area contributed by atoms with Gasteiger partial charge in [0.1, 0.15) is 12.6 Å². The number of hydrogen-bond acceptors (Lipinski definition) is 6. The van der Waals surface area contributed by atoms with Crippen LogP contribution >= 0.6 is 0 Å². The summed E-state index contributed by atoms with van der Waals surface area (Å²) in [5, 5.41) is 14.8. The second kappa shape index (κ2) is 8.90. The first-order valence-corrected chi connectivity index (χ1v) is 8.81. The topological polar surface area (TPSA) is 99.0 Å². The molecule has 1 heterocycles. The van der Waals surface area contributed by atoms with Crippen LogP contribution < -0.4 is 5.32 Å². The average Bonchev–Trinajstić information content (AvgIpc) is 3.16. The number of hydrogen-bond donors (Lipinski definition) is 1. The molecule has 1 atom stereocenters. The summed E-state index contributed by atoms with van der Waals surface area (Å²) in [6, 6.07) is 16.3. The van der Waals surface area contributed by atoms with E-state index in [0.29, 0.717) is 12.2 Å². The zero-order chi connectivity index (χ0) is 19.9. The van der Waals surface area contributed by atoms with E-state index in [2.05, 4.69) is 20.7 Å². The van der Waals surface area contributed by atoms with E-state index in [1.807, 2.05) is 61.5 Å². The summed E-state index contributed by atoms with van der Waals surface area (Å²) >= 11 is 0. The van der Waals surface area contributed by atoms with Crippen molar-refractivity contribution < 1.29 is 14.3 Å². The summed E-state index contributed by atoms with van der Waals surface area (Å²) < 4.78 is 4.80. The van der Waals surface area contributed by atoms with Crippen molar-refractivity contribution in [1.82, 2.24) is 25.5 Å². The molecule has 2 aromatic carbocycles. The highest BCUT2D eigenvalue weighted by Gasteiger charge is 2.22. The Balaban J connectivity index is 1.64. The van der Waals surface area contributed by atoms with Gasteiger partial charge in [0.2, 0.25) is 11.7 Å². The maximum absolute atomic E-state index is 12.4. The van der Waals surface area contributed by atoms with Gasteiger partial charge in [-0.2, -0.15) is 4.80 Å². The summed E-state index contributed by atoms with van der Waals surface area (Å²) in [6.45, 7) is 1.84. The van der Waals surface area contributed by atoms with Gasteiger partial charge in [0.25, 0.3) is 0 Å². The maximum atomic E-state index is 12.4. The molecule has 0 bridgehead atoms. The number of esters is 1. The van der Waals surface area contributed by atoms with Gasteiger partial charge in [0, 0.05) is 12.0 Å². The van der Waals surface area contributed by atoms with Gasteiger partial charge in [-0.15, -0.1) is 10.2 Å². The van der Waals surface area contributed by atoms with Crippen LogP contribution in [-0.2, 0) is 27.3 Å². The molecular formula is C20H21N5O3. The van der Waals surface area contributed by atoms with Crippen LogP contribution in [0, 0.1) is 6.92 Å². The standard InChI is InChI=1S/C20H21N5O3/c1-14-8-10-16(11-9-14)19-22-24-25(23-19)13-18(26)21-17(20(27)28-2)12-15-6-4-3-5-7-15/h3-11,17H,12-13H2,1-2H3,(H,21,26)/t17-/m0/s1. The van der Waals surface area contributed by atoms with Crippen molar-refractivity contribution >= 4 is 11.9 Å². The first-order chi connectivity index (χ1) is 13.5. The highest BCUT2D eigenvalue weighted by molar-refractivity contribution is 5.84. The Morgan fingerprint density at radius 2 is 1.82 bits per heavy atom. The van der Waals surface area contributed by atoms with Crippen molar-refractivity contribution in [2.45, 2.75) is 25.9 Å². The van der Waals surface area contributed by atoms with Crippen LogP contribution in [-0.4, -0.2) is 45.2 Å². The van der Waals surface area contributed by atoms with Gasteiger partial charge in [-0.25, -0.2) is 4.79 Å². The second-order valence-corrected chi connectivity index (χ2v) is 6.34. The minimum absolute atomic E-state index is 0.152. The zero-order valence-electron chi connectivity index (χ0n) is 15.7. The Morgan fingerprint density at radius 3 is 2.50 bits per heavy atom. The number of aromatic nitrogens is 4. The largest absolute Gasteiger partial charge is 0.467 e. The molecule has 0 fully saturated rings. The van der Waals surface area contributed by atoms with Crippen LogP contribution in [0.15, 0.2) is 54.6 Å². The third kappa shape index (κ3) is 5.00. The predicted octanol–water partition coefficient (Wildman–Crippen LogP) is 1.55. The van der Waals surface area contributed by atoms with Crippen LogP contribution in [0.25, 0.3) is 11.4 Å². The Morgan fingerprint density at radius 1 is 1.11 bits per heavy atom. The normalized spacial score (nSPS) is 11.6. The lowest BCUT2D eigenvalue weighted by atomic mass is 10.1. The van der Waals surface area contributed by atoms with E-state index in [0.717, 1.165) is 16.7 Å². The number of aryl methyl sites for hydroxylation is 1. The monoisotopic (exact) mass is 379 g/mol. The Labute approximate surface area is 162 Å². The van der Waals surface area contributed by atoms with Crippen LogP contribution in [0.4, 0.5) is 0 Å². The molecule has 3 aromatic rings. The van der Waals surface area contributed by atoms with E-state index in [1.165, 1.54) is 11.9 Å². The lowest BCUT2D eigenvalue weighted by Crippen LogP contribution is -2.44. The van der Waals surface area contributed by atoms with E-state index in [9.17, 15) is 9.59 Å². The molecule has 0 aliphatic carbocycles. The number of amides is 1. The van der Waals surface area contributed by atoms with Crippen LogP contribution in [0.1, 0.15) is 11.1 Å². The quantitative estimate of drug-likeness (QED) is 0.626. The molecular weight excluding hydrogens is 358 g/mol. The minimum atomic E-state index is -0.792. The number of nitrogens with one attached hydrogen (secondary N) is 1. The molecule has 0 aliphatic rings. The summed E-state index contributed by atoms with van der Waals surface area (Å²) in [5.41, 5.74) is 2.86. The average molecular weight is 379 g/mol. The molecule has 1 N–H and O–H groups in total. The maximum Gasteiger partial charge on any atom is 0.328 e. The smallest absolute Gasteiger partial charge is 0.328 e. The molecule has 1 aromatic heterocycles. The fourth-order valence-corrected chi connectivity index (χ4v) is 2.68. The summed E-state index contributed by atoms with van der Waals surface area (Å²) in [5.74, 6) is -0.482. The molecule has 0 radical (unpaired) electrons. The van der Waals surface area contributed by atoms with Crippen LogP contribution in [0.5, 0.6) is 0 Å². The fourth-order valence-electron chi connectivity index (χ4n) is 2.68. The van der Waals surface area contributed by atoms with Gasteiger partial charge in [0.05, 0.1) is 7.11 Å². The van der Waals surface area contributed by atoms with Crippen molar-refractivity contribution in [3.8, 4) is 11.4 Å². The molecule has 0 saturated carbocycles. The Hall–Kier alpha value is -3.55. The van der Waals surface area contributed by atoms with E-state index in [4.69, 9.17) is 4.74 Å². The fraction of sp³-hybridized carbons (Fsp3) is 0.250. The van der Waals surface area contributed by atoms with Crippen LogP contribution in [0.2, 0.25) is 0 Å². The second-order valence-electron chi connectivity index (χ2n) is 6.34. The van der Waals surface area contributed by atoms with Gasteiger partial charge in [-0.05, 0) is 17.7 Å². The van der Waals surface area contributed by atoms with Gasteiger partial charge < -0.3 is 10.1 Å². The molecule has 8 nitrogen and oxygen atoms in total. The van der Waals surface area contributed by atoms with Crippen molar-refractivity contribution in [2.24, 2.45) is 0 Å². The molecule has 3 rings (SSSR count). The first kappa shape index (κ1) is 19.2. The first-order valence-electron chi connectivity index (χ1n) is 8.81. The summed E-state index contributed by atoms with van der Waals surface area (Å²) in [6.07, 6.45) is 0.332. The Kier molecular flexibility index (Phi) is 6.11. The van der Waals surface area contributed by atoms with E-state index < -0.39 is 17.9 Å². The van der Waals surface area contributed by atoms with Crippen LogP contribution in [0.3, 0.4) is 0 Å². The minimum Gasteiger partial charge on any atom is -0.467 e. The molecule has 28 heavy (non-hydrogen) atoms. The number of methoxy groups -OCH3 is 1. The third-order valence-electron chi connectivity index (χ3n) is 4.15. The number of nitrogens with zero attached hydrogens (tertiary/aromatic N) is 4. The van der Waals surface area contributed by atoms with E-state index in [-0.39, 0.29) is 6.54 Å². The van der Waals surface area contributed by atoms with Gasteiger partial charge in [-0.1, -0.05) is 60.2 Å². The van der Waals surface area contributed by atoms with Crippen molar-refractivity contribution in [1.29, 1.82) is 0 Å². The number of ether oxygens (including phenoxy) is 1. The lowest BCUT2D eigenvalue weighted by molar-refractivity contribution is -0.145. The number of benzene rings is 2. The summed E-state index contributed by atoms with van der Waals surface area (Å²) in [4.78, 5) is 25.6. The Bertz CT molecular complexity index is 938. The van der Waals surface area contributed by atoms with Crippen molar-refractivity contribution in [2.75, 3.05) is 7.11 Å². The van der Waals surface area contributed by atoms with Gasteiger partial charge in [0.15, 0.2) is 0 Å². The molecule has 144 valence electrons. The molecule has 0 spiro atoms. The van der Waals surface area contributed by atoms with Crippen molar-refractivity contribution in [3.63, 3.8) is 0 Å². The van der Waals surface area contributed by atoms with Crippen molar-refractivity contribution in [3.05, 3.63) is 65.7 Å². The molecule has 0 saturated heterocycles.